The number of nitrogens with zero attached hydrogens (tertiary/aromatic N) is 2. The Kier molecular flexibility index (Phi) is 4.27. The number of aryl methyl sites for hydroxylation is 1. The number of hydrogen-bond acceptors (Lipinski definition) is 3. The number of H-pyrrole nitrogens is 1. The molecule has 0 aliphatic carbocycles. The summed E-state index contributed by atoms with van der Waals surface area (Å²) in [7, 11) is 1.95. The van der Waals surface area contributed by atoms with Crippen molar-refractivity contribution < 1.29 is 0 Å². The van der Waals surface area contributed by atoms with Gasteiger partial charge in [0.25, 0.3) is 0 Å². The monoisotopic (exact) mass is 230 g/mol. The van der Waals surface area contributed by atoms with Gasteiger partial charge in [-0.2, -0.15) is 5.10 Å². The van der Waals surface area contributed by atoms with Crippen LogP contribution in [-0.4, -0.2) is 22.2 Å². The Morgan fingerprint density at radius 3 is 2.76 bits per heavy atom. The van der Waals surface area contributed by atoms with Crippen molar-refractivity contribution in [2.45, 2.75) is 25.3 Å². The van der Waals surface area contributed by atoms with E-state index in [4.69, 9.17) is 0 Å². The molecule has 0 saturated heterocycles. The molecule has 0 aliphatic rings. The van der Waals surface area contributed by atoms with Gasteiger partial charge >= 0.3 is 0 Å². The number of benzene rings is 1. The van der Waals surface area contributed by atoms with Gasteiger partial charge in [-0.3, -0.25) is 5.10 Å². The lowest BCUT2D eigenvalue weighted by Crippen LogP contribution is -2.18. The van der Waals surface area contributed by atoms with Crippen molar-refractivity contribution in [3.8, 4) is 0 Å². The van der Waals surface area contributed by atoms with Crippen LogP contribution in [-0.2, 0) is 6.42 Å². The fourth-order valence-electron chi connectivity index (χ4n) is 1.96. The molecule has 2 aromatic rings. The molecule has 4 nitrogen and oxygen atoms in total. The topological polar surface area (TPSA) is 53.6 Å². The highest BCUT2D eigenvalue weighted by atomic mass is 15.2. The molecule has 1 atom stereocenters. The third-order valence-corrected chi connectivity index (χ3v) is 2.91. The average Bonchev–Trinajstić information content (AvgIpc) is 2.90. The van der Waals surface area contributed by atoms with Crippen LogP contribution < -0.4 is 5.32 Å². The number of aromatic nitrogens is 3. The highest BCUT2D eigenvalue weighted by molar-refractivity contribution is 5.14. The quantitative estimate of drug-likeness (QED) is 0.799. The molecular formula is C13H18N4. The van der Waals surface area contributed by atoms with Gasteiger partial charge in [-0.15, -0.1) is 0 Å². The lowest BCUT2D eigenvalue weighted by molar-refractivity contribution is 0.503. The van der Waals surface area contributed by atoms with Gasteiger partial charge in [-0.25, -0.2) is 4.98 Å². The third kappa shape index (κ3) is 3.39. The predicted molar refractivity (Wildman–Crippen MR) is 67.6 cm³/mol. The molecule has 1 unspecified atom stereocenters. The van der Waals surface area contributed by atoms with Crippen LogP contribution in [0.5, 0.6) is 0 Å². The summed E-state index contributed by atoms with van der Waals surface area (Å²) < 4.78 is 0. The van der Waals surface area contributed by atoms with Crippen LogP contribution in [0.1, 0.15) is 30.3 Å². The van der Waals surface area contributed by atoms with Gasteiger partial charge in [0, 0.05) is 0 Å². The third-order valence-electron chi connectivity index (χ3n) is 2.91. The van der Waals surface area contributed by atoms with E-state index in [0.717, 1.165) is 25.1 Å². The van der Waals surface area contributed by atoms with Gasteiger partial charge in [0.15, 0.2) is 0 Å². The summed E-state index contributed by atoms with van der Waals surface area (Å²) in [6.07, 6.45) is 4.85. The summed E-state index contributed by atoms with van der Waals surface area (Å²) in [4.78, 5) is 4.18. The van der Waals surface area contributed by atoms with E-state index < -0.39 is 0 Å². The highest BCUT2D eigenvalue weighted by Crippen LogP contribution is 2.15. The standard InChI is InChI=1S/C13H18N4/c1-14-12(13-15-10-16-17-13)9-5-8-11-6-3-2-4-7-11/h2-4,6-7,10,12,14H,5,8-9H2,1H3,(H,15,16,17). The molecule has 17 heavy (non-hydrogen) atoms. The van der Waals surface area contributed by atoms with E-state index in [1.54, 1.807) is 6.33 Å². The summed E-state index contributed by atoms with van der Waals surface area (Å²) in [5.41, 5.74) is 1.39. The summed E-state index contributed by atoms with van der Waals surface area (Å²) in [5.74, 6) is 0.917. The number of rotatable bonds is 6. The van der Waals surface area contributed by atoms with E-state index in [0.29, 0.717) is 0 Å². The van der Waals surface area contributed by atoms with Gasteiger partial charge in [-0.05, 0) is 31.9 Å². The van der Waals surface area contributed by atoms with Crippen molar-refractivity contribution in [2.75, 3.05) is 7.05 Å². The van der Waals surface area contributed by atoms with Crippen molar-refractivity contribution in [1.29, 1.82) is 0 Å². The van der Waals surface area contributed by atoms with Crippen LogP contribution in [0.4, 0.5) is 0 Å². The van der Waals surface area contributed by atoms with Crippen LogP contribution in [0, 0.1) is 0 Å². The highest BCUT2D eigenvalue weighted by Gasteiger charge is 2.11. The van der Waals surface area contributed by atoms with Crippen molar-refractivity contribution >= 4 is 0 Å². The Bertz CT molecular complexity index is 410. The van der Waals surface area contributed by atoms with Gasteiger partial charge < -0.3 is 5.32 Å². The van der Waals surface area contributed by atoms with E-state index in [9.17, 15) is 0 Å². The van der Waals surface area contributed by atoms with E-state index in [2.05, 4.69) is 50.8 Å². The molecular weight excluding hydrogens is 212 g/mol. The molecule has 90 valence electrons. The normalized spacial score (nSPS) is 12.5. The summed E-state index contributed by atoms with van der Waals surface area (Å²) >= 11 is 0. The van der Waals surface area contributed by atoms with Gasteiger partial charge in [0.05, 0.1) is 6.04 Å². The number of hydrogen-bond donors (Lipinski definition) is 2. The van der Waals surface area contributed by atoms with Gasteiger partial charge in [0.2, 0.25) is 0 Å². The van der Waals surface area contributed by atoms with E-state index in [1.807, 2.05) is 7.05 Å². The minimum Gasteiger partial charge on any atom is -0.310 e. The second kappa shape index (κ2) is 6.15. The molecule has 1 aromatic heterocycles. The van der Waals surface area contributed by atoms with Crippen LogP contribution in [0.25, 0.3) is 0 Å². The summed E-state index contributed by atoms with van der Waals surface area (Å²) in [5, 5.41) is 10.1. The Morgan fingerprint density at radius 1 is 1.29 bits per heavy atom. The maximum absolute atomic E-state index is 4.18. The van der Waals surface area contributed by atoms with Gasteiger partial charge in [0.1, 0.15) is 12.2 Å². The molecule has 4 heteroatoms. The first kappa shape index (κ1) is 11.8. The minimum atomic E-state index is 0.265. The molecule has 0 spiro atoms. The Labute approximate surface area is 101 Å². The molecule has 1 aromatic carbocycles. The first-order chi connectivity index (χ1) is 8.40. The lowest BCUT2D eigenvalue weighted by Gasteiger charge is -2.12. The molecule has 0 saturated carbocycles. The van der Waals surface area contributed by atoms with Crippen LogP contribution >= 0.6 is 0 Å². The molecule has 1 heterocycles. The molecule has 0 aliphatic heterocycles. The smallest absolute Gasteiger partial charge is 0.141 e. The summed E-state index contributed by atoms with van der Waals surface area (Å²) in [6.45, 7) is 0. The van der Waals surface area contributed by atoms with E-state index in [1.165, 1.54) is 5.56 Å². The van der Waals surface area contributed by atoms with E-state index in [-0.39, 0.29) is 6.04 Å². The average molecular weight is 230 g/mol. The zero-order chi connectivity index (χ0) is 11.9. The molecule has 2 N–H and O–H groups in total. The first-order valence-corrected chi connectivity index (χ1v) is 5.96. The largest absolute Gasteiger partial charge is 0.310 e. The molecule has 2 rings (SSSR count). The molecule has 0 amide bonds. The van der Waals surface area contributed by atoms with Crippen LogP contribution in [0.2, 0.25) is 0 Å². The zero-order valence-electron chi connectivity index (χ0n) is 10.1. The van der Waals surface area contributed by atoms with Crippen molar-refractivity contribution in [2.24, 2.45) is 0 Å². The molecule has 0 radical (unpaired) electrons. The van der Waals surface area contributed by atoms with Crippen molar-refractivity contribution in [3.05, 3.63) is 48.0 Å². The predicted octanol–water partition coefficient (Wildman–Crippen LogP) is 2.09. The second-order valence-electron chi connectivity index (χ2n) is 4.09. The van der Waals surface area contributed by atoms with Gasteiger partial charge in [-0.1, -0.05) is 30.3 Å². The summed E-state index contributed by atoms with van der Waals surface area (Å²) in [6, 6.07) is 10.8. The maximum Gasteiger partial charge on any atom is 0.141 e. The van der Waals surface area contributed by atoms with Crippen LogP contribution in [0.3, 0.4) is 0 Å². The van der Waals surface area contributed by atoms with Crippen molar-refractivity contribution in [3.63, 3.8) is 0 Å². The maximum atomic E-state index is 4.18. The Balaban J connectivity index is 1.81. The lowest BCUT2D eigenvalue weighted by atomic mass is 10.0. The Morgan fingerprint density at radius 2 is 2.12 bits per heavy atom. The number of aromatic amines is 1. The second-order valence-corrected chi connectivity index (χ2v) is 4.09. The van der Waals surface area contributed by atoms with Crippen LogP contribution in [0.15, 0.2) is 36.7 Å². The fraction of sp³-hybridized carbons (Fsp3) is 0.385. The Hall–Kier alpha value is -1.68. The van der Waals surface area contributed by atoms with Crippen molar-refractivity contribution in [1.82, 2.24) is 20.5 Å². The number of nitrogens with one attached hydrogen (secondary N) is 2. The minimum absolute atomic E-state index is 0.265. The molecule has 0 bridgehead atoms. The zero-order valence-corrected chi connectivity index (χ0v) is 10.1. The van der Waals surface area contributed by atoms with E-state index >= 15 is 0 Å². The fourth-order valence-corrected chi connectivity index (χ4v) is 1.96. The SMILES string of the molecule is CNC(CCCc1ccccc1)c1ncn[nH]1. The molecule has 0 fully saturated rings. The first-order valence-electron chi connectivity index (χ1n) is 5.96.